The van der Waals surface area contributed by atoms with E-state index >= 15 is 0 Å². The van der Waals surface area contributed by atoms with Gasteiger partial charge in [-0.1, -0.05) is 34.1 Å². The molecule has 1 aliphatic carbocycles. The number of benzene rings is 1. The van der Waals surface area contributed by atoms with Gasteiger partial charge < -0.3 is 15.8 Å². The molecule has 1 atom stereocenters. The predicted octanol–water partition coefficient (Wildman–Crippen LogP) is 2.35. The molecule has 0 radical (unpaired) electrons. The highest BCUT2D eigenvalue weighted by molar-refractivity contribution is 9.10. The largest absolute Gasteiger partial charge is 0.381 e. The molecule has 1 heterocycles. The zero-order valence-corrected chi connectivity index (χ0v) is 14.3. The van der Waals surface area contributed by atoms with Gasteiger partial charge in [0.25, 0.3) is 0 Å². The van der Waals surface area contributed by atoms with Crippen molar-refractivity contribution < 1.29 is 9.53 Å². The monoisotopic (exact) mass is 366 g/mol. The van der Waals surface area contributed by atoms with Gasteiger partial charge in [0, 0.05) is 29.6 Å². The van der Waals surface area contributed by atoms with Gasteiger partial charge in [0.05, 0.1) is 6.04 Å². The Morgan fingerprint density at radius 1 is 1.36 bits per heavy atom. The van der Waals surface area contributed by atoms with Crippen molar-refractivity contribution in [2.45, 2.75) is 37.1 Å². The van der Waals surface area contributed by atoms with Crippen molar-refractivity contribution in [3.8, 4) is 0 Å². The molecule has 4 nitrogen and oxygen atoms in total. The molecular formula is C17H23BrN2O2. The number of amides is 1. The first-order chi connectivity index (χ1) is 10.6. The highest BCUT2D eigenvalue weighted by Gasteiger charge is 2.45. The minimum atomic E-state index is -0.418. The van der Waals surface area contributed by atoms with Crippen molar-refractivity contribution in [3.05, 3.63) is 34.3 Å². The number of rotatable bonds is 5. The topological polar surface area (TPSA) is 64.4 Å². The second kappa shape index (κ2) is 6.69. The van der Waals surface area contributed by atoms with E-state index in [-0.39, 0.29) is 17.2 Å². The van der Waals surface area contributed by atoms with Crippen LogP contribution < -0.4 is 11.1 Å². The van der Waals surface area contributed by atoms with E-state index in [0.717, 1.165) is 30.2 Å². The van der Waals surface area contributed by atoms with E-state index in [1.54, 1.807) is 0 Å². The van der Waals surface area contributed by atoms with E-state index in [2.05, 4.69) is 39.4 Å². The van der Waals surface area contributed by atoms with Gasteiger partial charge in [0.1, 0.15) is 0 Å². The Morgan fingerprint density at radius 2 is 2.05 bits per heavy atom. The van der Waals surface area contributed by atoms with E-state index in [0.29, 0.717) is 19.8 Å². The summed E-state index contributed by atoms with van der Waals surface area (Å²) < 4.78 is 6.45. The Morgan fingerprint density at radius 3 is 2.68 bits per heavy atom. The quantitative estimate of drug-likeness (QED) is 0.840. The molecule has 1 aromatic carbocycles. The summed E-state index contributed by atoms with van der Waals surface area (Å²) in [7, 11) is 0. The summed E-state index contributed by atoms with van der Waals surface area (Å²) in [6.45, 7) is 2.10. The van der Waals surface area contributed by atoms with Gasteiger partial charge in [-0.05, 0) is 43.2 Å². The summed E-state index contributed by atoms with van der Waals surface area (Å²) in [5.41, 5.74) is 7.51. The van der Waals surface area contributed by atoms with Crippen LogP contribution in [0.3, 0.4) is 0 Å². The third-order valence-electron chi connectivity index (χ3n) is 4.98. The molecule has 1 aliphatic heterocycles. The Kier molecular flexibility index (Phi) is 4.85. The van der Waals surface area contributed by atoms with Crippen LogP contribution in [0.1, 0.15) is 31.2 Å². The Hall–Kier alpha value is -0.910. The van der Waals surface area contributed by atoms with E-state index in [9.17, 15) is 4.79 Å². The lowest BCUT2D eigenvalue weighted by atomic mass is 9.91. The molecule has 1 amide bonds. The molecule has 0 spiro atoms. The van der Waals surface area contributed by atoms with Crippen LogP contribution in [-0.2, 0) is 14.9 Å². The zero-order chi connectivity index (χ0) is 15.6. The lowest BCUT2D eigenvalue weighted by molar-refractivity contribution is -0.124. The summed E-state index contributed by atoms with van der Waals surface area (Å²) in [4.78, 5) is 12.3. The summed E-state index contributed by atoms with van der Waals surface area (Å²) in [5.74, 6) is 0.220. The fourth-order valence-electron chi connectivity index (χ4n) is 3.25. The maximum Gasteiger partial charge on any atom is 0.237 e. The van der Waals surface area contributed by atoms with Gasteiger partial charge in [-0.15, -0.1) is 0 Å². The van der Waals surface area contributed by atoms with Crippen LogP contribution in [0.15, 0.2) is 28.7 Å². The number of hydrogen-bond acceptors (Lipinski definition) is 3. The van der Waals surface area contributed by atoms with E-state index in [1.165, 1.54) is 5.56 Å². The first-order valence-electron chi connectivity index (χ1n) is 7.98. The van der Waals surface area contributed by atoms with Crippen LogP contribution in [0.25, 0.3) is 0 Å². The van der Waals surface area contributed by atoms with E-state index < -0.39 is 6.04 Å². The third kappa shape index (κ3) is 3.36. The summed E-state index contributed by atoms with van der Waals surface area (Å²) in [6.07, 6.45) is 3.98. The van der Waals surface area contributed by atoms with Crippen molar-refractivity contribution in [2.75, 3.05) is 19.8 Å². The Bertz CT molecular complexity index is 539. The van der Waals surface area contributed by atoms with Gasteiger partial charge in [-0.3, -0.25) is 4.79 Å². The number of nitrogens with one attached hydrogen (secondary N) is 1. The van der Waals surface area contributed by atoms with Crippen LogP contribution >= 0.6 is 15.9 Å². The first-order valence-corrected chi connectivity index (χ1v) is 8.78. The molecule has 120 valence electrons. The molecule has 2 aliphatic rings. The predicted molar refractivity (Wildman–Crippen MR) is 89.6 cm³/mol. The number of carbonyl (C=O) groups excluding carboxylic acids is 1. The summed E-state index contributed by atoms with van der Waals surface area (Å²) >= 11 is 3.62. The molecule has 3 rings (SSSR count). The van der Waals surface area contributed by atoms with Gasteiger partial charge in [-0.25, -0.2) is 0 Å². The van der Waals surface area contributed by atoms with Crippen molar-refractivity contribution in [2.24, 2.45) is 11.7 Å². The van der Waals surface area contributed by atoms with E-state index in [4.69, 9.17) is 10.5 Å². The van der Waals surface area contributed by atoms with Crippen molar-refractivity contribution in [1.82, 2.24) is 5.32 Å². The molecule has 2 fully saturated rings. The number of nitrogens with two attached hydrogens (primary N) is 1. The van der Waals surface area contributed by atoms with Gasteiger partial charge >= 0.3 is 0 Å². The molecule has 1 saturated heterocycles. The number of carbonyl (C=O) groups is 1. The second-order valence-corrected chi connectivity index (χ2v) is 7.31. The van der Waals surface area contributed by atoms with Crippen LogP contribution in [0, 0.1) is 5.92 Å². The fraction of sp³-hybridized carbons (Fsp3) is 0.588. The third-order valence-corrected chi connectivity index (χ3v) is 5.67. The zero-order valence-electron chi connectivity index (χ0n) is 12.7. The SMILES string of the molecule is NC(C(=O)NCC1(c2ccccc2Br)CC1)C1CCOCC1. The maximum atomic E-state index is 12.3. The summed E-state index contributed by atoms with van der Waals surface area (Å²) in [6, 6.07) is 7.85. The van der Waals surface area contributed by atoms with Gasteiger partial charge in [-0.2, -0.15) is 0 Å². The highest BCUT2D eigenvalue weighted by Crippen LogP contribution is 2.49. The molecule has 5 heteroatoms. The first kappa shape index (κ1) is 16.0. The van der Waals surface area contributed by atoms with Crippen LogP contribution in [-0.4, -0.2) is 31.7 Å². The van der Waals surface area contributed by atoms with Gasteiger partial charge in [0.15, 0.2) is 0 Å². The highest BCUT2D eigenvalue weighted by atomic mass is 79.9. The molecule has 3 N–H and O–H groups in total. The van der Waals surface area contributed by atoms with Crippen molar-refractivity contribution in [3.63, 3.8) is 0 Å². The number of ether oxygens (including phenoxy) is 1. The standard InChI is InChI=1S/C17H23BrN2O2/c18-14-4-2-1-3-13(14)17(7-8-17)11-20-16(21)15(19)12-5-9-22-10-6-12/h1-4,12,15H,5-11,19H2,(H,20,21). The number of halogens is 1. The van der Waals surface area contributed by atoms with E-state index in [1.807, 2.05) is 6.07 Å². The smallest absolute Gasteiger partial charge is 0.237 e. The molecule has 1 saturated carbocycles. The average molecular weight is 367 g/mol. The average Bonchev–Trinajstić information content (AvgIpc) is 3.34. The van der Waals surface area contributed by atoms with Crippen LogP contribution in [0.2, 0.25) is 0 Å². The molecule has 0 bridgehead atoms. The molecule has 1 aromatic rings. The Balaban J connectivity index is 1.58. The lowest BCUT2D eigenvalue weighted by Gasteiger charge is -2.27. The molecule has 22 heavy (non-hydrogen) atoms. The normalized spacial score (nSPS) is 22.1. The lowest BCUT2D eigenvalue weighted by Crippen LogP contribution is -2.48. The van der Waals surface area contributed by atoms with Crippen LogP contribution in [0.4, 0.5) is 0 Å². The molecule has 1 unspecified atom stereocenters. The van der Waals surface area contributed by atoms with Gasteiger partial charge in [0.2, 0.25) is 5.91 Å². The van der Waals surface area contributed by atoms with Crippen LogP contribution in [0.5, 0.6) is 0 Å². The summed E-state index contributed by atoms with van der Waals surface area (Å²) in [5, 5.41) is 3.08. The van der Waals surface area contributed by atoms with Crippen molar-refractivity contribution >= 4 is 21.8 Å². The minimum absolute atomic E-state index is 0.0229. The van der Waals surface area contributed by atoms with Crippen molar-refractivity contribution in [1.29, 1.82) is 0 Å². The minimum Gasteiger partial charge on any atom is -0.381 e. The molecule has 0 aromatic heterocycles. The maximum absolute atomic E-state index is 12.3. The Labute approximate surface area is 139 Å². The fourth-order valence-corrected chi connectivity index (χ4v) is 3.95. The second-order valence-electron chi connectivity index (χ2n) is 6.45. The molecular weight excluding hydrogens is 344 g/mol. The number of hydrogen-bond donors (Lipinski definition) is 2.